The van der Waals surface area contributed by atoms with E-state index in [0.29, 0.717) is 19.4 Å². The number of carbonyl (C=O) groups is 1. The van der Waals surface area contributed by atoms with Crippen molar-refractivity contribution in [3.8, 4) is 0 Å². The molecule has 94 valence electrons. The zero-order chi connectivity index (χ0) is 12.6. The number of likely N-dealkylation sites (tertiary alicyclic amines) is 1. The summed E-state index contributed by atoms with van der Waals surface area (Å²) >= 11 is 0. The molecule has 0 aromatic heterocycles. The van der Waals surface area contributed by atoms with Gasteiger partial charge in [0.25, 0.3) is 0 Å². The van der Waals surface area contributed by atoms with Gasteiger partial charge in [0.2, 0.25) is 0 Å². The molecule has 0 atom stereocenters. The molecular weight excluding hydrogens is 206 g/mol. The van der Waals surface area contributed by atoms with Gasteiger partial charge in [-0.1, -0.05) is 0 Å². The minimum absolute atomic E-state index is 0.288. The van der Waals surface area contributed by atoms with E-state index in [9.17, 15) is 9.90 Å². The Balaban J connectivity index is 2.97. The summed E-state index contributed by atoms with van der Waals surface area (Å²) in [5.41, 5.74) is -0.735. The number of ether oxygens (including phenoxy) is 1. The van der Waals surface area contributed by atoms with E-state index >= 15 is 0 Å². The first-order valence-electron chi connectivity index (χ1n) is 5.86. The van der Waals surface area contributed by atoms with Crippen molar-refractivity contribution in [3.05, 3.63) is 0 Å². The average molecular weight is 229 g/mol. The van der Waals surface area contributed by atoms with E-state index in [2.05, 4.69) is 0 Å². The van der Waals surface area contributed by atoms with Gasteiger partial charge < -0.3 is 9.84 Å². The number of rotatable bonds is 1. The largest absolute Gasteiger partial charge is 0.450 e. The van der Waals surface area contributed by atoms with E-state index in [1.807, 2.05) is 27.7 Å². The number of piperidine rings is 1. The van der Waals surface area contributed by atoms with E-state index in [4.69, 9.17) is 4.74 Å². The normalized spacial score (nSPS) is 24.2. The fourth-order valence-electron chi connectivity index (χ4n) is 2.91. The molecule has 1 fully saturated rings. The predicted molar refractivity (Wildman–Crippen MR) is 62.3 cm³/mol. The van der Waals surface area contributed by atoms with Crippen molar-refractivity contribution in [1.29, 1.82) is 0 Å². The summed E-state index contributed by atoms with van der Waals surface area (Å²) in [6.45, 7) is 10.0. The molecule has 0 aliphatic carbocycles. The number of hydrogen-bond acceptors (Lipinski definition) is 3. The van der Waals surface area contributed by atoms with Crippen LogP contribution in [0, 0.1) is 0 Å². The molecule has 1 aliphatic heterocycles. The SMILES string of the molecule is CCOC(=O)N1C(C)(C)CC(O)CC1(C)C. The maximum atomic E-state index is 12.0. The Kier molecular flexibility index (Phi) is 3.53. The van der Waals surface area contributed by atoms with Gasteiger partial charge in [-0.3, -0.25) is 4.90 Å². The van der Waals surface area contributed by atoms with Crippen molar-refractivity contribution < 1.29 is 14.6 Å². The molecule has 1 saturated heterocycles. The number of amides is 1. The van der Waals surface area contributed by atoms with Crippen LogP contribution in [-0.4, -0.2) is 39.9 Å². The maximum absolute atomic E-state index is 12.0. The highest BCUT2D eigenvalue weighted by atomic mass is 16.6. The van der Waals surface area contributed by atoms with Crippen molar-refractivity contribution in [2.24, 2.45) is 0 Å². The number of hydrogen-bond donors (Lipinski definition) is 1. The van der Waals surface area contributed by atoms with E-state index in [1.165, 1.54) is 0 Å². The van der Waals surface area contributed by atoms with Crippen molar-refractivity contribution in [3.63, 3.8) is 0 Å². The fraction of sp³-hybridized carbons (Fsp3) is 0.917. The highest BCUT2D eigenvalue weighted by molar-refractivity contribution is 5.70. The van der Waals surface area contributed by atoms with Crippen LogP contribution in [0.25, 0.3) is 0 Å². The molecular formula is C12H23NO3. The molecule has 1 rings (SSSR count). The molecule has 4 nitrogen and oxygen atoms in total. The Morgan fingerprint density at radius 1 is 1.31 bits per heavy atom. The maximum Gasteiger partial charge on any atom is 0.410 e. The van der Waals surface area contributed by atoms with E-state index in [1.54, 1.807) is 11.8 Å². The molecule has 16 heavy (non-hydrogen) atoms. The summed E-state index contributed by atoms with van der Waals surface area (Å²) in [6, 6.07) is 0. The molecule has 0 spiro atoms. The summed E-state index contributed by atoms with van der Waals surface area (Å²) in [6.07, 6.45) is 0.546. The zero-order valence-corrected chi connectivity index (χ0v) is 10.9. The quantitative estimate of drug-likeness (QED) is 0.749. The van der Waals surface area contributed by atoms with Crippen LogP contribution in [0.3, 0.4) is 0 Å². The van der Waals surface area contributed by atoms with Crippen LogP contribution < -0.4 is 0 Å². The summed E-state index contributed by atoms with van der Waals surface area (Å²) < 4.78 is 5.09. The molecule has 0 aromatic carbocycles. The summed E-state index contributed by atoms with van der Waals surface area (Å²) in [5.74, 6) is 0. The van der Waals surface area contributed by atoms with Crippen LogP contribution in [0.15, 0.2) is 0 Å². The molecule has 1 N–H and O–H groups in total. The molecule has 0 saturated carbocycles. The smallest absolute Gasteiger partial charge is 0.410 e. The summed E-state index contributed by atoms with van der Waals surface area (Å²) in [4.78, 5) is 13.7. The van der Waals surface area contributed by atoms with Crippen LogP contribution in [0.1, 0.15) is 47.5 Å². The standard InChI is InChI=1S/C12H23NO3/c1-6-16-10(15)13-11(2,3)7-9(14)8-12(13,4)5/h9,14H,6-8H2,1-5H3. The third kappa shape index (κ3) is 2.48. The van der Waals surface area contributed by atoms with Gasteiger partial charge in [0.05, 0.1) is 12.7 Å². The van der Waals surface area contributed by atoms with Gasteiger partial charge in [-0.15, -0.1) is 0 Å². The Labute approximate surface area is 97.6 Å². The van der Waals surface area contributed by atoms with Gasteiger partial charge in [0, 0.05) is 11.1 Å². The molecule has 0 aromatic rings. The second-order valence-electron chi connectivity index (χ2n) is 5.72. The first-order valence-corrected chi connectivity index (χ1v) is 5.86. The summed E-state index contributed by atoms with van der Waals surface area (Å²) in [5, 5.41) is 9.83. The van der Waals surface area contributed by atoms with Gasteiger partial charge in [0.15, 0.2) is 0 Å². The van der Waals surface area contributed by atoms with E-state index in [0.717, 1.165) is 0 Å². The molecule has 1 aliphatic rings. The first-order chi connectivity index (χ1) is 7.20. The monoisotopic (exact) mass is 229 g/mol. The highest BCUT2D eigenvalue weighted by Gasteiger charge is 2.48. The van der Waals surface area contributed by atoms with Gasteiger partial charge in [0.1, 0.15) is 0 Å². The minimum atomic E-state index is -0.368. The van der Waals surface area contributed by atoms with Crippen LogP contribution >= 0.6 is 0 Å². The number of aliphatic hydroxyl groups is 1. The van der Waals surface area contributed by atoms with Crippen LogP contribution in [0.5, 0.6) is 0 Å². The number of nitrogens with zero attached hydrogens (tertiary/aromatic N) is 1. The Hall–Kier alpha value is -0.770. The van der Waals surface area contributed by atoms with E-state index < -0.39 is 0 Å². The van der Waals surface area contributed by atoms with Crippen molar-refractivity contribution in [1.82, 2.24) is 4.90 Å². The van der Waals surface area contributed by atoms with Crippen LogP contribution in [0.2, 0.25) is 0 Å². The Morgan fingerprint density at radius 3 is 2.12 bits per heavy atom. The van der Waals surface area contributed by atoms with E-state index in [-0.39, 0.29) is 23.3 Å². The van der Waals surface area contributed by atoms with Gasteiger partial charge >= 0.3 is 6.09 Å². The van der Waals surface area contributed by atoms with Gasteiger partial charge in [-0.25, -0.2) is 4.79 Å². The lowest BCUT2D eigenvalue weighted by Gasteiger charge is -2.53. The Morgan fingerprint density at radius 2 is 1.75 bits per heavy atom. The van der Waals surface area contributed by atoms with Crippen molar-refractivity contribution in [2.75, 3.05) is 6.61 Å². The van der Waals surface area contributed by atoms with Crippen LogP contribution in [0.4, 0.5) is 4.79 Å². The van der Waals surface area contributed by atoms with Crippen LogP contribution in [-0.2, 0) is 4.74 Å². The minimum Gasteiger partial charge on any atom is -0.450 e. The average Bonchev–Trinajstić information content (AvgIpc) is 1.96. The molecule has 0 bridgehead atoms. The number of carbonyl (C=O) groups excluding carboxylic acids is 1. The van der Waals surface area contributed by atoms with Gasteiger partial charge in [-0.05, 0) is 47.5 Å². The Bertz CT molecular complexity index is 255. The van der Waals surface area contributed by atoms with Crippen molar-refractivity contribution in [2.45, 2.75) is 64.6 Å². The molecule has 0 radical (unpaired) electrons. The third-order valence-corrected chi connectivity index (χ3v) is 3.13. The highest BCUT2D eigenvalue weighted by Crippen LogP contribution is 2.38. The lowest BCUT2D eigenvalue weighted by Crippen LogP contribution is -2.64. The first kappa shape index (κ1) is 13.3. The molecule has 1 amide bonds. The number of aliphatic hydroxyl groups excluding tert-OH is 1. The predicted octanol–water partition coefficient (Wildman–Crippen LogP) is 2.16. The summed E-state index contributed by atoms with van der Waals surface area (Å²) in [7, 11) is 0. The van der Waals surface area contributed by atoms with Crippen molar-refractivity contribution >= 4 is 6.09 Å². The molecule has 4 heteroatoms. The second kappa shape index (κ2) is 4.24. The van der Waals surface area contributed by atoms with Gasteiger partial charge in [-0.2, -0.15) is 0 Å². The third-order valence-electron chi connectivity index (χ3n) is 3.13. The zero-order valence-electron chi connectivity index (χ0n) is 10.9. The lowest BCUT2D eigenvalue weighted by atomic mass is 9.78. The fourth-order valence-corrected chi connectivity index (χ4v) is 2.91. The second-order valence-corrected chi connectivity index (χ2v) is 5.72. The lowest BCUT2D eigenvalue weighted by molar-refractivity contribution is -0.0689. The topological polar surface area (TPSA) is 49.8 Å². The molecule has 0 unspecified atom stereocenters. The molecule has 1 heterocycles.